The zero-order valence-electron chi connectivity index (χ0n) is 15.5. The van der Waals surface area contributed by atoms with Crippen molar-refractivity contribution in [2.75, 3.05) is 19.0 Å². The molecule has 27 heavy (non-hydrogen) atoms. The van der Waals surface area contributed by atoms with Crippen LogP contribution in [0.1, 0.15) is 44.9 Å². The van der Waals surface area contributed by atoms with Crippen molar-refractivity contribution >= 4 is 27.6 Å². The summed E-state index contributed by atoms with van der Waals surface area (Å²) in [5.74, 6) is -1.01. The Morgan fingerprint density at radius 2 is 1.78 bits per heavy atom. The van der Waals surface area contributed by atoms with Crippen molar-refractivity contribution in [3.8, 4) is 0 Å². The summed E-state index contributed by atoms with van der Waals surface area (Å²) in [7, 11) is -2.14. The standard InChI is InChI=1S/C19H26N2O5S/c1-21(15-7-3-2-4-8-15)27(24,25)17-10-6-5-9-16(17)20-18(22)13-26-19(23)14-11-12-14/h5-6,9-10,14-15H,2-4,7-8,11-13H2,1H3,(H,20,22). The van der Waals surface area contributed by atoms with Gasteiger partial charge < -0.3 is 10.1 Å². The minimum atomic E-state index is -3.74. The zero-order valence-corrected chi connectivity index (χ0v) is 16.3. The molecular weight excluding hydrogens is 368 g/mol. The van der Waals surface area contributed by atoms with Gasteiger partial charge in [0, 0.05) is 13.1 Å². The number of esters is 1. The number of amides is 1. The predicted octanol–water partition coefficient (Wildman–Crippen LogP) is 2.53. The summed E-state index contributed by atoms with van der Waals surface area (Å²) < 4.78 is 32.6. The molecule has 0 aliphatic heterocycles. The number of ether oxygens (including phenoxy) is 1. The Labute approximate surface area is 160 Å². The Bertz CT molecular complexity index is 798. The van der Waals surface area contributed by atoms with Gasteiger partial charge in [-0.1, -0.05) is 31.4 Å². The van der Waals surface area contributed by atoms with E-state index in [0.29, 0.717) is 0 Å². The average Bonchev–Trinajstić information content (AvgIpc) is 3.52. The van der Waals surface area contributed by atoms with Crippen molar-refractivity contribution in [3.63, 3.8) is 0 Å². The molecule has 0 spiro atoms. The Morgan fingerprint density at radius 1 is 1.11 bits per heavy atom. The number of para-hydroxylation sites is 1. The predicted molar refractivity (Wildman–Crippen MR) is 101 cm³/mol. The number of anilines is 1. The lowest BCUT2D eigenvalue weighted by Crippen LogP contribution is -2.38. The van der Waals surface area contributed by atoms with E-state index in [0.717, 1.165) is 44.9 Å². The molecule has 1 N–H and O–H groups in total. The molecule has 1 aromatic carbocycles. The monoisotopic (exact) mass is 394 g/mol. The van der Waals surface area contributed by atoms with E-state index in [4.69, 9.17) is 4.74 Å². The van der Waals surface area contributed by atoms with Crippen LogP contribution in [-0.4, -0.2) is 44.3 Å². The number of hydrogen-bond acceptors (Lipinski definition) is 5. The van der Waals surface area contributed by atoms with Gasteiger partial charge in [-0.15, -0.1) is 0 Å². The van der Waals surface area contributed by atoms with Gasteiger partial charge in [-0.25, -0.2) is 8.42 Å². The van der Waals surface area contributed by atoms with Gasteiger partial charge in [0.25, 0.3) is 5.91 Å². The van der Waals surface area contributed by atoms with E-state index in [-0.39, 0.29) is 28.5 Å². The second-order valence-corrected chi connectivity index (χ2v) is 9.21. The van der Waals surface area contributed by atoms with Gasteiger partial charge in [-0.3, -0.25) is 9.59 Å². The van der Waals surface area contributed by atoms with Crippen LogP contribution in [0.15, 0.2) is 29.2 Å². The first-order chi connectivity index (χ1) is 12.9. The Hall–Kier alpha value is -1.93. The van der Waals surface area contributed by atoms with Crippen molar-refractivity contribution in [1.29, 1.82) is 0 Å². The van der Waals surface area contributed by atoms with Crippen LogP contribution in [0.3, 0.4) is 0 Å². The first-order valence-corrected chi connectivity index (χ1v) is 10.9. The number of carbonyl (C=O) groups excluding carboxylic acids is 2. The first kappa shape index (κ1) is 19.8. The number of nitrogens with zero attached hydrogens (tertiary/aromatic N) is 1. The van der Waals surface area contributed by atoms with E-state index in [1.165, 1.54) is 10.4 Å². The minimum Gasteiger partial charge on any atom is -0.455 e. The maximum absolute atomic E-state index is 13.1. The topological polar surface area (TPSA) is 92.8 Å². The van der Waals surface area contributed by atoms with Crippen LogP contribution in [-0.2, 0) is 24.3 Å². The van der Waals surface area contributed by atoms with Crippen LogP contribution in [0.5, 0.6) is 0 Å². The molecule has 2 saturated carbocycles. The molecule has 0 radical (unpaired) electrons. The lowest BCUT2D eigenvalue weighted by Gasteiger charge is -2.30. The summed E-state index contributed by atoms with van der Waals surface area (Å²) in [4.78, 5) is 23.7. The van der Waals surface area contributed by atoms with E-state index < -0.39 is 22.5 Å². The molecule has 2 fully saturated rings. The molecule has 2 aliphatic rings. The lowest BCUT2D eigenvalue weighted by molar-refractivity contribution is -0.148. The molecular formula is C19H26N2O5S. The summed E-state index contributed by atoms with van der Waals surface area (Å²) in [6.07, 6.45) is 6.48. The van der Waals surface area contributed by atoms with Gasteiger partial charge in [-0.2, -0.15) is 4.31 Å². The van der Waals surface area contributed by atoms with Crippen molar-refractivity contribution in [1.82, 2.24) is 4.31 Å². The summed E-state index contributed by atoms with van der Waals surface area (Å²) in [5.41, 5.74) is 0.202. The summed E-state index contributed by atoms with van der Waals surface area (Å²) in [6, 6.07) is 6.30. The van der Waals surface area contributed by atoms with Gasteiger partial charge in [-0.05, 0) is 37.8 Å². The molecule has 0 atom stereocenters. The van der Waals surface area contributed by atoms with Crippen LogP contribution in [0.2, 0.25) is 0 Å². The molecule has 8 heteroatoms. The van der Waals surface area contributed by atoms with Crippen molar-refractivity contribution in [2.45, 2.75) is 55.9 Å². The summed E-state index contributed by atoms with van der Waals surface area (Å²) in [6.45, 7) is -0.415. The molecule has 0 unspecified atom stereocenters. The van der Waals surface area contributed by atoms with E-state index in [9.17, 15) is 18.0 Å². The van der Waals surface area contributed by atoms with Crippen LogP contribution < -0.4 is 5.32 Å². The van der Waals surface area contributed by atoms with Crippen molar-refractivity contribution in [3.05, 3.63) is 24.3 Å². The fourth-order valence-electron chi connectivity index (χ4n) is 3.35. The van der Waals surface area contributed by atoms with Crippen LogP contribution >= 0.6 is 0 Å². The van der Waals surface area contributed by atoms with Crippen LogP contribution in [0, 0.1) is 5.92 Å². The highest BCUT2D eigenvalue weighted by Crippen LogP contribution is 2.31. The highest BCUT2D eigenvalue weighted by atomic mass is 32.2. The number of nitrogens with one attached hydrogen (secondary N) is 1. The molecule has 1 amide bonds. The zero-order chi connectivity index (χ0) is 19.4. The number of rotatable bonds is 7. The molecule has 1 aromatic rings. The van der Waals surface area contributed by atoms with Gasteiger partial charge in [0.1, 0.15) is 4.90 Å². The number of carbonyl (C=O) groups is 2. The number of sulfonamides is 1. The highest BCUT2D eigenvalue weighted by molar-refractivity contribution is 7.89. The van der Waals surface area contributed by atoms with Gasteiger partial charge in [0.2, 0.25) is 10.0 Å². The third-order valence-electron chi connectivity index (χ3n) is 5.16. The van der Waals surface area contributed by atoms with Gasteiger partial charge in [0.15, 0.2) is 6.61 Å². The number of hydrogen-bond donors (Lipinski definition) is 1. The molecule has 148 valence electrons. The second-order valence-electron chi connectivity index (χ2n) is 7.24. The smallest absolute Gasteiger partial charge is 0.309 e. The molecule has 0 aromatic heterocycles. The van der Waals surface area contributed by atoms with E-state index in [1.54, 1.807) is 25.2 Å². The molecule has 0 saturated heterocycles. The van der Waals surface area contributed by atoms with Gasteiger partial charge in [0.05, 0.1) is 11.6 Å². The molecule has 0 bridgehead atoms. The third-order valence-corrected chi connectivity index (χ3v) is 7.13. The molecule has 0 heterocycles. The second kappa shape index (κ2) is 8.39. The Kier molecular flexibility index (Phi) is 6.16. The normalized spacial score (nSPS) is 18.3. The van der Waals surface area contributed by atoms with E-state index in [1.807, 2.05) is 0 Å². The van der Waals surface area contributed by atoms with Crippen LogP contribution in [0.4, 0.5) is 5.69 Å². The number of benzene rings is 1. The van der Waals surface area contributed by atoms with Crippen molar-refractivity contribution < 1.29 is 22.7 Å². The van der Waals surface area contributed by atoms with E-state index >= 15 is 0 Å². The van der Waals surface area contributed by atoms with Crippen molar-refractivity contribution in [2.24, 2.45) is 5.92 Å². The largest absolute Gasteiger partial charge is 0.455 e. The fraction of sp³-hybridized carbons (Fsp3) is 0.579. The Balaban J connectivity index is 1.70. The lowest BCUT2D eigenvalue weighted by atomic mass is 9.96. The fourth-order valence-corrected chi connectivity index (χ4v) is 4.91. The summed E-state index contributed by atoms with van der Waals surface area (Å²) in [5, 5.41) is 2.57. The highest BCUT2D eigenvalue weighted by Gasteiger charge is 2.32. The maximum atomic E-state index is 13.1. The SMILES string of the molecule is CN(C1CCCCC1)S(=O)(=O)c1ccccc1NC(=O)COC(=O)C1CC1. The van der Waals surface area contributed by atoms with Crippen LogP contribution in [0.25, 0.3) is 0 Å². The third kappa shape index (κ3) is 4.87. The summed E-state index contributed by atoms with van der Waals surface area (Å²) >= 11 is 0. The first-order valence-electron chi connectivity index (χ1n) is 9.43. The quantitative estimate of drug-likeness (QED) is 0.718. The van der Waals surface area contributed by atoms with E-state index in [2.05, 4.69) is 5.32 Å². The van der Waals surface area contributed by atoms with Gasteiger partial charge >= 0.3 is 5.97 Å². The molecule has 7 nitrogen and oxygen atoms in total. The molecule has 3 rings (SSSR count). The Morgan fingerprint density at radius 3 is 2.44 bits per heavy atom. The average molecular weight is 394 g/mol. The maximum Gasteiger partial charge on any atom is 0.309 e. The molecule has 2 aliphatic carbocycles. The minimum absolute atomic E-state index is 0.0213.